The van der Waals surface area contributed by atoms with Crippen molar-refractivity contribution in [1.29, 1.82) is 0 Å². The molecule has 2 aromatic rings. The average molecular weight is 300 g/mol. The zero-order valence-corrected chi connectivity index (χ0v) is 10.3. The summed E-state index contributed by atoms with van der Waals surface area (Å²) in [6.07, 6.45) is 5.58. The third kappa shape index (κ3) is 1.92. The standard InChI is InChI=1S/C11H13IN2/c1-2-3-4-8-5-9-7-13-14-11(9)10(12)6-8/h5-7H,2-4H2,1H3,(H,13,14). The van der Waals surface area contributed by atoms with Crippen molar-refractivity contribution >= 4 is 33.5 Å². The fraction of sp³-hybridized carbons (Fsp3) is 0.364. The van der Waals surface area contributed by atoms with Crippen molar-refractivity contribution in [3.63, 3.8) is 0 Å². The fourth-order valence-corrected chi connectivity index (χ4v) is 2.43. The number of halogens is 1. The lowest BCUT2D eigenvalue weighted by molar-refractivity contribution is 0.795. The van der Waals surface area contributed by atoms with Crippen LogP contribution in [0.15, 0.2) is 18.3 Å². The van der Waals surface area contributed by atoms with Gasteiger partial charge in [-0.1, -0.05) is 13.3 Å². The van der Waals surface area contributed by atoms with Gasteiger partial charge in [0, 0.05) is 8.96 Å². The van der Waals surface area contributed by atoms with E-state index in [0.717, 1.165) is 5.52 Å². The number of nitrogens with one attached hydrogen (secondary N) is 1. The second-order valence-corrected chi connectivity index (χ2v) is 4.68. The first-order chi connectivity index (χ1) is 6.81. The molecule has 0 aliphatic carbocycles. The Hall–Kier alpha value is -0.580. The molecule has 0 aliphatic heterocycles. The summed E-state index contributed by atoms with van der Waals surface area (Å²) in [6.45, 7) is 2.22. The van der Waals surface area contributed by atoms with Gasteiger partial charge in [0.2, 0.25) is 0 Å². The van der Waals surface area contributed by atoms with E-state index >= 15 is 0 Å². The van der Waals surface area contributed by atoms with E-state index in [1.54, 1.807) is 0 Å². The molecule has 0 aliphatic rings. The summed E-state index contributed by atoms with van der Waals surface area (Å²) in [5.74, 6) is 0. The SMILES string of the molecule is CCCCc1cc(I)c2[nH]ncc2c1. The zero-order chi connectivity index (χ0) is 9.97. The molecule has 74 valence electrons. The first-order valence-electron chi connectivity index (χ1n) is 4.92. The number of aromatic amines is 1. The van der Waals surface area contributed by atoms with Crippen LogP contribution in [0.5, 0.6) is 0 Å². The van der Waals surface area contributed by atoms with Gasteiger partial charge in [-0.15, -0.1) is 0 Å². The Morgan fingerprint density at radius 2 is 2.29 bits per heavy atom. The summed E-state index contributed by atoms with van der Waals surface area (Å²) >= 11 is 2.36. The smallest absolute Gasteiger partial charge is 0.0783 e. The highest BCUT2D eigenvalue weighted by atomic mass is 127. The Balaban J connectivity index is 2.38. The van der Waals surface area contributed by atoms with E-state index in [9.17, 15) is 0 Å². The molecule has 1 aromatic heterocycles. The number of unbranched alkanes of at least 4 members (excludes halogenated alkanes) is 1. The topological polar surface area (TPSA) is 28.7 Å². The van der Waals surface area contributed by atoms with Crippen LogP contribution in [-0.2, 0) is 6.42 Å². The van der Waals surface area contributed by atoms with Gasteiger partial charge in [0.15, 0.2) is 0 Å². The van der Waals surface area contributed by atoms with Crippen molar-refractivity contribution in [2.45, 2.75) is 26.2 Å². The van der Waals surface area contributed by atoms with Gasteiger partial charge in [-0.2, -0.15) is 5.10 Å². The summed E-state index contributed by atoms with van der Waals surface area (Å²) in [7, 11) is 0. The van der Waals surface area contributed by atoms with Crippen LogP contribution in [0.25, 0.3) is 10.9 Å². The van der Waals surface area contributed by atoms with Gasteiger partial charge >= 0.3 is 0 Å². The largest absolute Gasteiger partial charge is 0.277 e. The molecule has 0 saturated carbocycles. The van der Waals surface area contributed by atoms with Gasteiger partial charge in [0.1, 0.15) is 0 Å². The van der Waals surface area contributed by atoms with Crippen LogP contribution < -0.4 is 0 Å². The van der Waals surface area contributed by atoms with Crippen LogP contribution >= 0.6 is 22.6 Å². The number of H-pyrrole nitrogens is 1. The van der Waals surface area contributed by atoms with Gasteiger partial charge < -0.3 is 0 Å². The molecule has 1 heterocycles. The van der Waals surface area contributed by atoms with E-state index in [1.165, 1.54) is 33.8 Å². The van der Waals surface area contributed by atoms with Crippen molar-refractivity contribution in [2.75, 3.05) is 0 Å². The lowest BCUT2D eigenvalue weighted by Crippen LogP contribution is -1.86. The van der Waals surface area contributed by atoms with Crippen molar-refractivity contribution in [1.82, 2.24) is 10.2 Å². The van der Waals surface area contributed by atoms with Crippen LogP contribution in [0, 0.1) is 3.57 Å². The average Bonchev–Trinajstić information content (AvgIpc) is 2.63. The Labute approximate surface area is 97.2 Å². The van der Waals surface area contributed by atoms with Crippen LogP contribution in [0.3, 0.4) is 0 Å². The molecule has 14 heavy (non-hydrogen) atoms. The maximum Gasteiger partial charge on any atom is 0.0783 e. The number of benzene rings is 1. The van der Waals surface area contributed by atoms with Gasteiger partial charge in [-0.25, -0.2) is 0 Å². The second kappa shape index (κ2) is 4.29. The normalized spacial score (nSPS) is 11.0. The number of hydrogen-bond donors (Lipinski definition) is 1. The van der Waals surface area contributed by atoms with Crippen molar-refractivity contribution in [2.24, 2.45) is 0 Å². The predicted molar refractivity (Wildman–Crippen MR) is 67.4 cm³/mol. The lowest BCUT2D eigenvalue weighted by atomic mass is 10.1. The van der Waals surface area contributed by atoms with Crippen LogP contribution in [-0.4, -0.2) is 10.2 Å². The molecule has 0 saturated heterocycles. The maximum absolute atomic E-state index is 4.05. The highest BCUT2D eigenvalue weighted by Crippen LogP contribution is 2.21. The molecule has 0 fully saturated rings. The van der Waals surface area contributed by atoms with Gasteiger partial charge in [0.05, 0.1) is 11.7 Å². The van der Waals surface area contributed by atoms with Crippen LogP contribution in [0.2, 0.25) is 0 Å². The molecule has 2 rings (SSSR count). The molecule has 2 nitrogen and oxygen atoms in total. The Kier molecular flexibility index (Phi) is 3.05. The van der Waals surface area contributed by atoms with E-state index in [2.05, 4.69) is 51.8 Å². The zero-order valence-electron chi connectivity index (χ0n) is 8.18. The van der Waals surface area contributed by atoms with E-state index in [1.807, 2.05) is 6.20 Å². The van der Waals surface area contributed by atoms with Crippen LogP contribution in [0.1, 0.15) is 25.3 Å². The quantitative estimate of drug-likeness (QED) is 0.863. The van der Waals surface area contributed by atoms with Gasteiger partial charge in [-0.3, -0.25) is 5.10 Å². The van der Waals surface area contributed by atoms with Crippen molar-refractivity contribution < 1.29 is 0 Å². The molecule has 0 atom stereocenters. The first kappa shape index (κ1) is 9.96. The lowest BCUT2D eigenvalue weighted by Gasteiger charge is -2.01. The summed E-state index contributed by atoms with van der Waals surface area (Å²) in [4.78, 5) is 0. The number of rotatable bonds is 3. The predicted octanol–water partition coefficient (Wildman–Crippen LogP) is 3.51. The van der Waals surface area contributed by atoms with Crippen LogP contribution in [0.4, 0.5) is 0 Å². The van der Waals surface area contributed by atoms with E-state index in [0.29, 0.717) is 0 Å². The summed E-state index contributed by atoms with van der Waals surface area (Å²) in [5, 5.41) is 8.29. The monoisotopic (exact) mass is 300 g/mol. The highest BCUT2D eigenvalue weighted by molar-refractivity contribution is 14.1. The molecular weight excluding hydrogens is 287 g/mol. The second-order valence-electron chi connectivity index (χ2n) is 3.52. The van der Waals surface area contributed by atoms with Gasteiger partial charge in [0.25, 0.3) is 0 Å². The molecule has 0 bridgehead atoms. The van der Waals surface area contributed by atoms with E-state index < -0.39 is 0 Å². The van der Waals surface area contributed by atoms with Crippen molar-refractivity contribution in [3.8, 4) is 0 Å². The fourth-order valence-electron chi connectivity index (χ4n) is 1.60. The molecule has 3 heteroatoms. The molecule has 0 spiro atoms. The molecule has 1 aromatic carbocycles. The minimum Gasteiger partial charge on any atom is -0.277 e. The first-order valence-corrected chi connectivity index (χ1v) is 6.00. The minimum absolute atomic E-state index is 1.16. The van der Waals surface area contributed by atoms with E-state index in [-0.39, 0.29) is 0 Å². The number of aromatic nitrogens is 2. The third-order valence-corrected chi connectivity index (χ3v) is 3.23. The molecular formula is C11H13IN2. The molecule has 0 radical (unpaired) electrons. The summed E-state index contributed by atoms with van der Waals surface area (Å²) in [6, 6.07) is 4.48. The van der Waals surface area contributed by atoms with Crippen molar-refractivity contribution in [3.05, 3.63) is 27.5 Å². The molecule has 0 amide bonds. The third-order valence-electron chi connectivity index (χ3n) is 2.38. The number of nitrogens with zero attached hydrogens (tertiary/aromatic N) is 1. The summed E-state index contributed by atoms with van der Waals surface area (Å²) in [5.41, 5.74) is 2.58. The molecule has 1 N–H and O–H groups in total. The maximum atomic E-state index is 4.05. The number of hydrogen-bond acceptors (Lipinski definition) is 1. The summed E-state index contributed by atoms with van der Waals surface area (Å²) < 4.78 is 1.27. The molecule has 0 unspecified atom stereocenters. The Morgan fingerprint density at radius 3 is 3.07 bits per heavy atom. The Bertz CT molecular complexity index is 434. The Morgan fingerprint density at radius 1 is 1.43 bits per heavy atom. The number of aryl methyl sites for hydroxylation is 1. The van der Waals surface area contributed by atoms with Gasteiger partial charge in [-0.05, 0) is 53.1 Å². The highest BCUT2D eigenvalue weighted by Gasteiger charge is 2.02. The minimum atomic E-state index is 1.16. The number of fused-ring (bicyclic) bond motifs is 1. The van der Waals surface area contributed by atoms with E-state index in [4.69, 9.17) is 0 Å².